The molecule has 0 spiro atoms. The number of rotatable bonds is 8. The summed E-state index contributed by atoms with van der Waals surface area (Å²) < 4.78 is 56.5. The van der Waals surface area contributed by atoms with Crippen LogP contribution in [0.25, 0.3) is 0 Å². The van der Waals surface area contributed by atoms with Crippen molar-refractivity contribution >= 4 is 0 Å². The maximum Gasteiger partial charge on any atom is 0.387 e. The van der Waals surface area contributed by atoms with E-state index in [1.54, 1.807) is 0 Å². The van der Waals surface area contributed by atoms with Gasteiger partial charge in [0.15, 0.2) is 11.6 Å². The normalized spacial score (nSPS) is 27.9. The number of benzene rings is 1. The molecule has 2 fully saturated rings. The van der Waals surface area contributed by atoms with E-state index >= 15 is 0 Å². The molecular weight excluding hydrogens is 380 g/mol. The van der Waals surface area contributed by atoms with E-state index < -0.39 is 24.0 Å². The van der Waals surface area contributed by atoms with Gasteiger partial charge in [0.1, 0.15) is 0 Å². The van der Waals surface area contributed by atoms with Crippen molar-refractivity contribution in [2.75, 3.05) is 0 Å². The van der Waals surface area contributed by atoms with Crippen LogP contribution in [0.1, 0.15) is 83.1 Å². The smallest absolute Gasteiger partial charge is 0.387 e. The Morgan fingerprint density at radius 2 is 1.38 bits per heavy atom. The van der Waals surface area contributed by atoms with E-state index in [0.29, 0.717) is 12.3 Å². The van der Waals surface area contributed by atoms with Crippen LogP contribution >= 0.6 is 0 Å². The molecule has 0 amide bonds. The second kappa shape index (κ2) is 10.7. The molecule has 0 aliphatic heterocycles. The number of hydrogen-bond donors (Lipinski definition) is 0. The quantitative estimate of drug-likeness (QED) is 0.393. The monoisotopic (exact) mass is 414 g/mol. The molecule has 1 aromatic rings. The van der Waals surface area contributed by atoms with Crippen molar-refractivity contribution in [2.24, 2.45) is 23.7 Å². The summed E-state index contributed by atoms with van der Waals surface area (Å²) in [6.07, 6.45) is 14.3. The van der Waals surface area contributed by atoms with Crippen LogP contribution in [0.2, 0.25) is 0 Å². The Kier molecular flexibility index (Phi) is 8.25. The molecule has 0 atom stereocenters. The Labute approximate surface area is 172 Å². The highest BCUT2D eigenvalue weighted by Gasteiger charge is 2.30. The lowest BCUT2D eigenvalue weighted by Crippen LogP contribution is -2.26. The Morgan fingerprint density at radius 1 is 0.828 bits per heavy atom. The second-order valence-electron chi connectivity index (χ2n) is 9.12. The van der Waals surface area contributed by atoms with Gasteiger partial charge in [0.25, 0.3) is 0 Å². The molecule has 164 valence electrons. The van der Waals surface area contributed by atoms with Gasteiger partial charge in [0.05, 0.1) is 0 Å². The van der Waals surface area contributed by atoms with E-state index in [-0.39, 0.29) is 5.56 Å². The Morgan fingerprint density at radius 3 is 1.90 bits per heavy atom. The van der Waals surface area contributed by atoms with Gasteiger partial charge in [0.2, 0.25) is 5.82 Å². The van der Waals surface area contributed by atoms with Crippen molar-refractivity contribution in [1.82, 2.24) is 0 Å². The highest BCUT2D eigenvalue weighted by Crippen LogP contribution is 2.43. The van der Waals surface area contributed by atoms with E-state index in [2.05, 4.69) is 11.7 Å². The summed E-state index contributed by atoms with van der Waals surface area (Å²) in [6, 6.07) is 2.47. The lowest BCUT2D eigenvalue weighted by molar-refractivity contribution is -0.0525. The van der Waals surface area contributed by atoms with Crippen LogP contribution in [0.15, 0.2) is 12.1 Å². The molecule has 0 radical (unpaired) electrons. The van der Waals surface area contributed by atoms with Crippen LogP contribution in [0.5, 0.6) is 5.75 Å². The third kappa shape index (κ3) is 6.11. The van der Waals surface area contributed by atoms with Crippen LogP contribution in [0.4, 0.5) is 17.6 Å². The van der Waals surface area contributed by atoms with Crippen LogP contribution in [-0.4, -0.2) is 6.61 Å². The van der Waals surface area contributed by atoms with Crippen molar-refractivity contribution in [2.45, 2.75) is 90.6 Å². The first-order valence-electron chi connectivity index (χ1n) is 11.4. The first-order valence-corrected chi connectivity index (χ1v) is 11.4. The third-order valence-electron chi connectivity index (χ3n) is 7.31. The molecular formula is C24H34F4O. The molecule has 0 saturated heterocycles. The molecule has 0 heterocycles. The molecule has 1 nitrogen and oxygen atoms in total. The molecule has 3 rings (SSSR count). The second-order valence-corrected chi connectivity index (χ2v) is 9.12. The Balaban J connectivity index is 1.43. The Bertz CT molecular complexity index is 632. The minimum absolute atomic E-state index is 0.250. The van der Waals surface area contributed by atoms with Crippen LogP contribution in [0.3, 0.4) is 0 Å². The van der Waals surface area contributed by atoms with Gasteiger partial charge in [-0.2, -0.15) is 13.2 Å². The van der Waals surface area contributed by atoms with Crippen LogP contribution < -0.4 is 4.74 Å². The standard InChI is InChI=1S/C24H34F4O/c1-2-3-16-4-9-18(10-5-16)19-11-6-17(7-12-19)8-13-20-14-15-21(29-24(27)28)23(26)22(20)25/h14-19,24H,2-13H2,1H3/t16-,17-,18-,19-. The molecule has 29 heavy (non-hydrogen) atoms. The van der Waals surface area contributed by atoms with Crippen molar-refractivity contribution in [3.63, 3.8) is 0 Å². The average Bonchev–Trinajstić information content (AvgIpc) is 2.72. The van der Waals surface area contributed by atoms with Gasteiger partial charge in [-0.25, -0.2) is 4.39 Å². The van der Waals surface area contributed by atoms with Gasteiger partial charge in [-0.05, 0) is 73.8 Å². The van der Waals surface area contributed by atoms with Crippen LogP contribution in [0, 0.1) is 35.3 Å². The summed E-state index contributed by atoms with van der Waals surface area (Å²) in [6.45, 7) is -0.884. The summed E-state index contributed by atoms with van der Waals surface area (Å²) in [5, 5.41) is 0. The number of hydrogen-bond acceptors (Lipinski definition) is 1. The highest BCUT2D eigenvalue weighted by atomic mass is 19.3. The predicted molar refractivity (Wildman–Crippen MR) is 107 cm³/mol. The summed E-state index contributed by atoms with van der Waals surface area (Å²) in [5.74, 6) is 0.121. The van der Waals surface area contributed by atoms with Crippen molar-refractivity contribution < 1.29 is 22.3 Å². The first kappa shape index (κ1) is 22.4. The molecule has 0 aromatic heterocycles. The molecule has 0 unspecified atom stereocenters. The lowest BCUT2D eigenvalue weighted by atomic mass is 9.68. The number of ether oxygens (including phenoxy) is 1. The predicted octanol–water partition coefficient (Wildman–Crippen LogP) is 7.91. The van der Waals surface area contributed by atoms with Gasteiger partial charge >= 0.3 is 6.61 Å². The molecule has 2 aliphatic rings. The zero-order valence-corrected chi connectivity index (χ0v) is 17.4. The zero-order chi connectivity index (χ0) is 20.8. The summed E-state index contributed by atoms with van der Waals surface area (Å²) in [5.41, 5.74) is 0.250. The molecule has 1 aromatic carbocycles. The number of aryl methyl sites for hydroxylation is 1. The van der Waals surface area contributed by atoms with Crippen molar-refractivity contribution in [1.29, 1.82) is 0 Å². The maximum atomic E-state index is 14.2. The van der Waals surface area contributed by atoms with Gasteiger partial charge in [0, 0.05) is 0 Å². The highest BCUT2D eigenvalue weighted by molar-refractivity contribution is 5.31. The van der Waals surface area contributed by atoms with Crippen molar-refractivity contribution in [3.8, 4) is 5.75 Å². The number of alkyl halides is 2. The topological polar surface area (TPSA) is 9.23 Å². The minimum Gasteiger partial charge on any atom is -0.432 e. The van der Waals surface area contributed by atoms with E-state index in [9.17, 15) is 17.6 Å². The SMILES string of the molecule is CCC[C@H]1CC[C@H]([C@H]2CC[C@H](CCc3ccc(OC(F)F)c(F)c3F)CC2)CC1. The van der Waals surface area contributed by atoms with E-state index in [0.717, 1.165) is 43.1 Å². The fourth-order valence-corrected chi connectivity index (χ4v) is 5.62. The van der Waals surface area contributed by atoms with Crippen LogP contribution in [-0.2, 0) is 6.42 Å². The average molecular weight is 415 g/mol. The van der Waals surface area contributed by atoms with Crippen molar-refractivity contribution in [3.05, 3.63) is 29.3 Å². The zero-order valence-electron chi connectivity index (χ0n) is 17.4. The third-order valence-corrected chi connectivity index (χ3v) is 7.31. The first-order chi connectivity index (χ1) is 14.0. The molecule has 5 heteroatoms. The van der Waals surface area contributed by atoms with Gasteiger partial charge in [-0.1, -0.05) is 51.5 Å². The molecule has 2 saturated carbocycles. The molecule has 2 aliphatic carbocycles. The van der Waals surface area contributed by atoms with E-state index in [1.807, 2.05) is 0 Å². The Hall–Kier alpha value is -1.26. The van der Waals surface area contributed by atoms with Gasteiger partial charge in [-0.3, -0.25) is 0 Å². The summed E-state index contributed by atoms with van der Waals surface area (Å²) in [4.78, 5) is 0. The van der Waals surface area contributed by atoms with Gasteiger partial charge in [-0.15, -0.1) is 0 Å². The summed E-state index contributed by atoms with van der Waals surface area (Å²) >= 11 is 0. The lowest BCUT2D eigenvalue weighted by Gasteiger charge is -2.38. The fourth-order valence-electron chi connectivity index (χ4n) is 5.62. The van der Waals surface area contributed by atoms with Gasteiger partial charge < -0.3 is 4.74 Å². The fraction of sp³-hybridized carbons (Fsp3) is 0.750. The minimum atomic E-state index is -3.16. The maximum absolute atomic E-state index is 14.2. The molecule has 0 N–H and O–H groups in total. The summed E-state index contributed by atoms with van der Waals surface area (Å²) in [7, 11) is 0. The number of halogens is 4. The molecule has 0 bridgehead atoms. The van der Waals surface area contributed by atoms with E-state index in [4.69, 9.17) is 0 Å². The largest absolute Gasteiger partial charge is 0.432 e. The van der Waals surface area contributed by atoms with E-state index in [1.165, 1.54) is 57.4 Å².